The van der Waals surface area contributed by atoms with E-state index in [0.29, 0.717) is 51.2 Å². The summed E-state index contributed by atoms with van der Waals surface area (Å²) in [6, 6.07) is 0.926. The molecule has 1 aliphatic heterocycles. The van der Waals surface area contributed by atoms with Crippen molar-refractivity contribution in [2.75, 3.05) is 45.9 Å². The molecule has 3 N–H and O–H groups in total. The highest BCUT2D eigenvalue weighted by Gasteiger charge is 2.22. The average Bonchev–Trinajstić information content (AvgIpc) is 2.90. The minimum Gasteiger partial charge on any atom is -0.464 e. The molecule has 1 saturated heterocycles. The molecule has 0 bridgehead atoms. The van der Waals surface area contributed by atoms with Crippen LogP contribution in [0.15, 0.2) is 0 Å². The molecule has 0 aromatic carbocycles. The Labute approximate surface area is 241 Å². The number of aliphatic hydroxyl groups excluding tert-OH is 2. The van der Waals surface area contributed by atoms with Crippen LogP contribution < -0.4 is 5.32 Å². The summed E-state index contributed by atoms with van der Waals surface area (Å²) in [5, 5.41) is 24.9. The Morgan fingerprint density at radius 1 is 0.872 bits per heavy atom. The molecule has 4 unspecified atom stereocenters. The largest absolute Gasteiger partial charge is 0.464 e. The lowest BCUT2D eigenvalue weighted by atomic mass is 10.1. The van der Waals surface area contributed by atoms with E-state index >= 15 is 0 Å². The second-order valence-electron chi connectivity index (χ2n) is 12.2. The van der Waals surface area contributed by atoms with Gasteiger partial charge in [0.25, 0.3) is 0 Å². The average molecular weight is 556 g/mol. The van der Waals surface area contributed by atoms with Crippen molar-refractivity contribution in [2.45, 2.75) is 155 Å². The smallest absolute Gasteiger partial charge is 0.305 e. The van der Waals surface area contributed by atoms with Gasteiger partial charge in [0.1, 0.15) is 6.61 Å². The monoisotopic (exact) mass is 555 g/mol. The van der Waals surface area contributed by atoms with E-state index in [2.05, 4.69) is 42.8 Å². The summed E-state index contributed by atoms with van der Waals surface area (Å²) >= 11 is 0. The van der Waals surface area contributed by atoms with Gasteiger partial charge in [0.15, 0.2) is 0 Å². The topological polar surface area (TPSA) is 85.3 Å². The molecule has 4 atom stereocenters. The first-order chi connectivity index (χ1) is 18.8. The Morgan fingerprint density at radius 2 is 1.41 bits per heavy atom. The van der Waals surface area contributed by atoms with Gasteiger partial charge < -0.3 is 20.3 Å². The standard InChI is InChI=1S/C32H65N3O4/c1-5-7-9-11-13-15-18-30(36)26-34(27-31(37)19-16-14-12-10-8-6-2)21-17-20-32(38)39-23-22-35-25-28(3)33-24-29(35)4/h28-31,33,36-37H,5-27H2,1-4H3. The number of carbonyl (C=O) groups excluding carboxylic acids is 1. The summed E-state index contributed by atoms with van der Waals surface area (Å²) < 4.78 is 5.54. The zero-order chi connectivity index (χ0) is 28.7. The molecule has 0 aromatic heterocycles. The van der Waals surface area contributed by atoms with Gasteiger partial charge in [-0.05, 0) is 39.7 Å². The van der Waals surface area contributed by atoms with Crippen molar-refractivity contribution < 1.29 is 19.7 Å². The minimum atomic E-state index is -0.382. The third-order valence-electron chi connectivity index (χ3n) is 8.11. The van der Waals surface area contributed by atoms with Gasteiger partial charge in [-0.15, -0.1) is 0 Å². The molecule has 0 aliphatic carbocycles. The molecule has 1 heterocycles. The maximum Gasteiger partial charge on any atom is 0.305 e. The number of hydrogen-bond donors (Lipinski definition) is 3. The van der Waals surface area contributed by atoms with Crippen LogP contribution in [0.25, 0.3) is 0 Å². The molecular weight excluding hydrogens is 490 g/mol. The highest BCUT2D eigenvalue weighted by Crippen LogP contribution is 2.13. The first-order valence-corrected chi connectivity index (χ1v) is 16.6. The second kappa shape index (κ2) is 23.9. The third-order valence-corrected chi connectivity index (χ3v) is 8.11. The molecule has 39 heavy (non-hydrogen) atoms. The molecule has 1 rings (SSSR count). The van der Waals surface area contributed by atoms with Crippen LogP contribution in [-0.4, -0.2) is 96.1 Å². The van der Waals surface area contributed by atoms with E-state index in [1.54, 1.807) is 0 Å². The van der Waals surface area contributed by atoms with Gasteiger partial charge in [0.2, 0.25) is 0 Å². The number of rotatable bonds is 25. The van der Waals surface area contributed by atoms with Crippen LogP contribution in [-0.2, 0) is 9.53 Å². The highest BCUT2D eigenvalue weighted by molar-refractivity contribution is 5.69. The lowest BCUT2D eigenvalue weighted by molar-refractivity contribution is -0.144. The Balaban J connectivity index is 2.37. The predicted molar refractivity (Wildman–Crippen MR) is 163 cm³/mol. The number of aliphatic hydroxyl groups is 2. The van der Waals surface area contributed by atoms with Gasteiger partial charge in [0.05, 0.1) is 12.2 Å². The van der Waals surface area contributed by atoms with Crippen LogP contribution in [0.1, 0.15) is 130 Å². The Hall–Kier alpha value is -0.730. The molecule has 0 aromatic rings. The van der Waals surface area contributed by atoms with Gasteiger partial charge >= 0.3 is 5.97 Å². The van der Waals surface area contributed by atoms with Gasteiger partial charge in [-0.2, -0.15) is 0 Å². The summed E-state index contributed by atoms with van der Waals surface area (Å²) in [4.78, 5) is 16.9. The molecule has 1 aliphatic rings. The Morgan fingerprint density at radius 3 is 1.97 bits per heavy atom. The van der Waals surface area contributed by atoms with Crippen molar-refractivity contribution in [3.05, 3.63) is 0 Å². The van der Waals surface area contributed by atoms with E-state index in [9.17, 15) is 15.0 Å². The van der Waals surface area contributed by atoms with Crippen molar-refractivity contribution in [1.82, 2.24) is 15.1 Å². The van der Waals surface area contributed by atoms with E-state index in [1.165, 1.54) is 64.2 Å². The molecule has 0 amide bonds. The van der Waals surface area contributed by atoms with E-state index in [-0.39, 0.29) is 18.2 Å². The zero-order valence-electron chi connectivity index (χ0n) is 26.2. The molecule has 0 radical (unpaired) electrons. The first-order valence-electron chi connectivity index (χ1n) is 16.6. The summed E-state index contributed by atoms with van der Waals surface area (Å²) in [6.07, 6.45) is 16.5. The predicted octanol–water partition coefficient (Wildman–Crippen LogP) is 5.52. The lowest BCUT2D eigenvalue weighted by Crippen LogP contribution is -2.55. The zero-order valence-corrected chi connectivity index (χ0v) is 26.2. The number of esters is 1. The van der Waals surface area contributed by atoms with Crippen molar-refractivity contribution in [3.63, 3.8) is 0 Å². The van der Waals surface area contributed by atoms with Crippen molar-refractivity contribution >= 4 is 5.97 Å². The summed E-state index contributed by atoms with van der Waals surface area (Å²) in [6.45, 7) is 13.9. The number of nitrogens with one attached hydrogen (secondary N) is 1. The summed E-state index contributed by atoms with van der Waals surface area (Å²) in [5.74, 6) is -0.147. The summed E-state index contributed by atoms with van der Waals surface area (Å²) in [5.41, 5.74) is 0. The number of unbranched alkanes of at least 4 members (excludes halogenated alkanes) is 10. The summed E-state index contributed by atoms with van der Waals surface area (Å²) in [7, 11) is 0. The van der Waals surface area contributed by atoms with Crippen LogP contribution >= 0.6 is 0 Å². The number of ether oxygens (including phenoxy) is 1. The van der Waals surface area contributed by atoms with Crippen LogP contribution in [0.5, 0.6) is 0 Å². The van der Waals surface area contributed by atoms with Crippen LogP contribution in [0.2, 0.25) is 0 Å². The fourth-order valence-electron chi connectivity index (χ4n) is 5.56. The molecule has 232 valence electrons. The van der Waals surface area contributed by atoms with E-state index < -0.39 is 0 Å². The van der Waals surface area contributed by atoms with Crippen molar-refractivity contribution in [1.29, 1.82) is 0 Å². The molecule has 7 nitrogen and oxygen atoms in total. The van der Waals surface area contributed by atoms with Crippen LogP contribution in [0.3, 0.4) is 0 Å². The molecule has 0 saturated carbocycles. The van der Waals surface area contributed by atoms with Gasteiger partial charge in [-0.1, -0.05) is 90.9 Å². The fraction of sp³-hybridized carbons (Fsp3) is 0.969. The lowest BCUT2D eigenvalue weighted by Gasteiger charge is -2.37. The van der Waals surface area contributed by atoms with E-state index in [4.69, 9.17) is 4.74 Å². The fourth-order valence-corrected chi connectivity index (χ4v) is 5.56. The maximum absolute atomic E-state index is 12.4. The maximum atomic E-state index is 12.4. The van der Waals surface area contributed by atoms with Crippen molar-refractivity contribution in [3.8, 4) is 0 Å². The number of nitrogens with zero attached hydrogens (tertiary/aromatic N) is 2. The van der Waals surface area contributed by atoms with Crippen LogP contribution in [0, 0.1) is 0 Å². The Bertz CT molecular complexity index is 556. The molecule has 0 spiro atoms. The SMILES string of the molecule is CCCCCCCCC(O)CN(CCCC(=O)OCCN1CC(C)NCC1C)CC(O)CCCCCCCC. The van der Waals surface area contributed by atoms with E-state index in [1.807, 2.05) is 0 Å². The first kappa shape index (κ1) is 36.3. The highest BCUT2D eigenvalue weighted by atomic mass is 16.5. The van der Waals surface area contributed by atoms with Gasteiger partial charge in [0, 0.05) is 51.2 Å². The van der Waals surface area contributed by atoms with Gasteiger partial charge in [-0.3, -0.25) is 14.6 Å². The third kappa shape index (κ3) is 19.9. The second-order valence-corrected chi connectivity index (χ2v) is 12.2. The number of hydrogen-bond acceptors (Lipinski definition) is 7. The quantitative estimate of drug-likeness (QED) is 0.101. The minimum absolute atomic E-state index is 0.147. The number of piperazine rings is 1. The van der Waals surface area contributed by atoms with Crippen molar-refractivity contribution in [2.24, 2.45) is 0 Å². The van der Waals surface area contributed by atoms with Crippen LogP contribution in [0.4, 0.5) is 0 Å². The molecule has 7 heteroatoms. The number of carbonyl (C=O) groups is 1. The Kier molecular flexibility index (Phi) is 22.3. The molecule has 1 fully saturated rings. The normalized spacial score (nSPS) is 19.9. The molecular formula is C32H65N3O4. The van der Waals surface area contributed by atoms with E-state index in [0.717, 1.165) is 45.3 Å². The van der Waals surface area contributed by atoms with Gasteiger partial charge in [-0.25, -0.2) is 0 Å².